The van der Waals surface area contributed by atoms with E-state index in [9.17, 15) is 4.79 Å². The number of rotatable bonds is 3. The molecule has 0 fully saturated rings. The van der Waals surface area contributed by atoms with Gasteiger partial charge in [0.15, 0.2) is 5.76 Å². The molecule has 1 N–H and O–H groups in total. The zero-order valence-electron chi connectivity index (χ0n) is 9.88. The summed E-state index contributed by atoms with van der Waals surface area (Å²) in [7, 11) is 0. The first-order valence-corrected chi connectivity index (χ1v) is 5.56. The van der Waals surface area contributed by atoms with Crippen molar-refractivity contribution in [3.8, 4) is 17.4 Å². The van der Waals surface area contributed by atoms with Crippen LogP contribution in [0.25, 0.3) is 11.3 Å². The second-order valence-corrected chi connectivity index (χ2v) is 3.85. The first kappa shape index (κ1) is 11.9. The number of benzene rings is 1. The molecule has 0 aliphatic carbocycles. The molecule has 0 spiro atoms. The van der Waals surface area contributed by atoms with Crippen molar-refractivity contribution >= 4 is 5.91 Å². The lowest BCUT2D eigenvalue weighted by molar-refractivity contribution is 0.0921. The Kier molecular flexibility index (Phi) is 3.44. The number of furan rings is 1. The third kappa shape index (κ3) is 2.58. The second-order valence-electron chi connectivity index (χ2n) is 3.85. The molecule has 1 aromatic carbocycles. The van der Waals surface area contributed by atoms with Gasteiger partial charge in [-0.3, -0.25) is 4.79 Å². The SMILES string of the molecule is CC(C#N)NC(=O)c1ccc(-c2ccccc2)o1. The van der Waals surface area contributed by atoms with Gasteiger partial charge in [-0.25, -0.2) is 0 Å². The van der Waals surface area contributed by atoms with E-state index in [4.69, 9.17) is 9.68 Å². The molecule has 1 atom stereocenters. The first-order valence-electron chi connectivity index (χ1n) is 5.56. The van der Waals surface area contributed by atoms with Crippen LogP contribution in [-0.4, -0.2) is 11.9 Å². The zero-order valence-corrected chi connectivity index (χ0v) is 9.88. The van der Waals surface area contributed by atoms with E-state index in [-0.39, 0.29) is 11.7 Å². The zero-order chi connectivity index (χ0) is 13.0. The quantitative estimate of drug-likeness (QED) is 0.896. The lowest BCUT2D eigenvalue weighted by Crippen LogP contribution is -2.30. The summed E-state index contributed by atoms with van der Waals surface area (Å²) in [5.74, 6) is 0.451. The average molecular weight is 240 g/mol. The highest BCUT2D eigenvalue weighted by atomic mass is 16.3. The van der Waals surface area contributed by atoms with E-state index in [0.29, 0.717) is 5.76 Å². The predicted octanol–water partition coefficient (Wildman–Crippen LogP) is 2.59. The summed E-state index contributed by atoms with van der Waals surface area (Å²) in [4.78, 5) is 11.7. The number of amides is 1. The molecular weight excluding hydrogens is 228 g/mol. The molecule has 0 aliphatic rings. The highest BCUT2D eigenvalue weighted by Crippen LogP contribution is 2.21. The summed E-state index contributed by atoms with van der Waals surface area (Å²) in [6.07, 6.45) is 0. The van der Waals surface area contributed by atoms with Crippen molar-refractivity contribution in [3.05, 3.63) is 48.2 Å². The lowest BCUT2D eigenvalue weighted by Gasteiger charge is -2.03. The van der Waals surface area contributed by atoms with Crippen LogP contribution in [0.15, 0.2) is 46.9 Å². The van der Waals surface area contributed by atoms with Crippen LogP contribution >= 0.6 is 0 Å². The van der Waals surface area contributed by atoms with Crippen molar-refractivity contribution in [1.82, 2.24) is 5.32 Å². The standard InChI is InChI=1S/C14H12N2O2/c1-10(9-15)16-14(17)13-8-7-12(18-13)11-5-3-2-4-6-11/h2-8,10H,1H3,(H,16,17). The number of carbonyl (C=O) groups excluding carboxylic acids is 1. The van der Waals surface area contributed by atoms with Gasteiger partial charge in [0.25, 0.3) is 5.91 Å². The fraction of sp³-hybridized carbons (Fsp3) is 0.143. The first-order chi connectivity index (χ1) is 8.70. The van der Waals surface area contributed by atoms with Crippen LogP contribution < -0.4 is 5.32 Å². The lowest BCUT2D eigenvalue weighted by atomic mass is 10.2. The van der Waals surface area contributed by atoms with E-state index < -0.39 is 6.04 Å². The van der Waals surface area contributed by atoms with Crippen LogP contribution in [0.3, 0.4) is 0 Å². The molecule has 2 aromatic rings. The number of hydrogen-bond donors (Lipinski definition) is 1. The fourth-order valence-electron chi connectivity index (χ4n) is 1.52. The van der Waals surface area contributed by atoms with Crippen molar-refractivity contribution in [1.29, 1.82) is 5.26 Å². The van der Waals surface area contributed by atoms with Crippen LogP contribution in [0.4, 0.5) is 0 Å². The molecule has 1 heterocycles. The molecule has 2 rings (SSSR count). The largest absolute Gasteiger partial charge is 0.451 e. The van der Waals surface area contributed by atoms with Crippen molar-refractivity contribution in [2.24, 2.45) is 0 Å². The minimum atomic E-state index is -0.539. The Bertz CT molecular complexity index is 581. The van der Waals surface area contributed by atoms with E-state index in [1.807, 2.05) is 36.4 Å². The summed E-state index contributed by atoms with van der Waals surface area (Å²) in [6, 6.07) is 14.2. The Labute approximate surface area is 105 Å². The number of nitrogens with one attached hydrogen (secondary N) is 1. The molecule has 18 heavy (non-hydrogen) atoms. The summed E-state index contributed by atoms with van der Waals surface area (Å²) >= 11 is 0. The van der Waals surface area contributed by atoms with Crippen LogP contribution in [0.5, 0.6) is 0 Å². The van der Waals surface area contributed by atoms with Gasteiger partial charge in [-0.2, -0.15) is 5.26 Å². The van der Waals surface area contributed by atoms with Crippen molar-refractivity contribution in [3.63, 3.8) is 0 Å². The van der Waals surface area contributed by atoms with Gasteiger partial charge in [-0.1, -0.05) is 30.3 Å². The predicted molar refractivity (Wildman–Crippen MR) is 66.7 cm³/mol. The van der Waals surface area contributed by atoms with Crippen LogP contribution in [0.1, 0.15) is 17.5 Å². The molecule has 0 bridgehead atoms. The topological polar surface area (TPSA) is 66.0 Å². The number of carbonyl (C=O) groups is 1. The monoisotopic (exact) mass is 240 g/mol. The molecule has 0 radical (unpaired) electrons. The minimum Gasteiger partial charge on any atom is -0.451 e. The highest BCUT2D eigenvalue weighted by molar-refractivity contribution is 5.92. The average Bonchev–Trinajstić information content (AvgIpc) is 2.89. The van der Waals surface area contributed by atoms with E-state index in [0.717, 1.165) is 5.56 Å². The normalized spacial score (nSPS) is 11.6. The maximum Gasteiger partial charge on any atom is 0.288 e. The maximum atomic E-state index is 11.7. The van der Waals surface area contributed by atoms with E-state index in [2.05, 4.69) is 5.32 Å². The summed E-state index contributed by atoms with van der Waals surface area (Å²) in [5, 5.41) is 11.1. The molecular formula is C14H12N2O2. The van der Waals surface area contributed by atoms with Gasteiger partial charge in [0, 0.05) is 5.56 Å². The Morgan fingerprint density at radius 3 is 2.67 bits per heavy atom. The van der Waals surface area contributed by atoms with Gasteiger partial charge < -0.3 is 9.73 Å². The summed E-state index contributed by atoms with van der Waals surface area (Å²) < 4.78 is 5.46. The number of nitrogens with zero attached hydrogens (tertiary/aromatic N) is 1. The summed E-state index contributed by atoms with van der Waals surface area (Å²) in [5.41, 5.74) is 0.907. The van der Waals surface area contributed by atoms with E-state index >= 15 is 0 Å². The summed E-state index contributed by atoms with van der Waals surface area (Å²) in [6.45, 7) is 1.61. The maximum absolute atomic E-state index is 11.7. The number of nitriles is 1. The minimum absolute atomic E-state index is 0.205. The molecule has 4 heteroatoms. The Morgan fingerprint density at radius 1 is 1.28 bits per heavy atom. The van der Waals surface area contributed by atoms with Crippen molar-refractivity contribution in [2.75, 3.05) is 0 Å². The number of hydrogen-bond acceptors (Lipinski definition) is 3. The third-order valence-electron chi connectivity index (χ3n) is 2.43. The van der Waals surface area contributed by atoms with Gasteiger partial charge in [-0.05, 0) is 19.1 Å². The molecule has 0 saturated carbocycles. The van der Waals surface area contributed by atoms with Crippen molar-refractivity contribution < 1.29 is 9.21 Å². The van der Waals surface area contributed by atoms with Gasteiger partial charge in [0.05, 0.1) is 6.07 Å². The fourth-order valence-corrected chi connectivity index (χ4v) is 1.52. The van der Waals surface area contributed by atoms with Gasteiger partial charge >= 0.3 is 0 Å². The van der Waals surface area contributed by atoms with E-state index in [1.54, 1.807) is 19.1 Å². The van der Waals surface area contributed by atoms with E-state index in [1.165, 1.54) is 0 Å². The molecule has 1 amide bonds. The van der Waals surface area contributed by atoms with Gasteiger partial charge in [0.1, 0.15) is 11.8 Å². The Morgan fingerprint density at radius 2 is 2.00 bits per heavy atom. The molecule has 0 saturated heterocycles. The molecule has 1 unspecified atom stereocenters. The molecule has 0 aliphatic heterocycles. The van der Waals surface area contributed by atoms with Gasteiger partial charge in [-0.15, -0.1) is 0 Å². The third-order valence-corrected chi connectivity index (χ3v) is 2.43. The van der Waals surface area contributed by atoms with Crippen LogP contribution in [0, 0.1) is 11.3 Å². The van der Waals surface area contributed by atoms with Crippen LogP contribution in [0.2, 0.25) is 0 Å². The molecule has 4 nitrogen and oxygen atoms in total. The Hall–Kier alpha value is -2.54. The highest BCUT2D eigenvalue weighted by Gasteiger charge is 2.13. The smallest absolute Gasteiger partial charge is 0.288 e. The molecule has 1 aromatic heterocycles. The van der Waals surface area contributed by atoms with Crippen LogP contribution in [-0.2, 0) is 0 Å². The second kappa shape index (κ2) is 5.19. The molecule has 90 valence electrons. The van der Waals surface area contributed by atoms with Gasteiger partial charge in [0.2, 0.25) is 0 Å². The Balaban J connectivity index is 2.17. The van der Waals surface area contributed by atoms with Crippen molar-refractivity contribution in [2.45, 2.75) is 13.0 Å².